The Morgan fingerprint density at radius 2 is 2.18 bits per heavy atom. The number of hydrogen-bond donors (Lipinski definition) is 3. The molecule has 1 aliphatic heterocycles. The normalized spacial score (nSPS) is 24.3. The molecular weight excluding hydrogens is 218 g/mol. The Morgan fingerprint density at radius 3 is 2.76 bits per heavy atom. The Bertz CT molecular complexity index is 394. The van der Waals surface area contributed by atoms with E-state index in [1.54, 1.807) is 12.1 Å². The van der Waals surface area contributed by atoms with E-state index in [0.29, 0.717) is 6.42 Å². The van der Waals surface area contributed by atoms with Crippen LogP contribution >= 0.6 is 0 Å². The number of aliphatic hydroxyl groups is 2. The van der Waals surface area contributed by atoms with Gasteiger partial charge in [-0.25, -0.2) is 0 Å². The van der Waals surface area contributed by atoms with Crippen molar-refractivity contribution in [3.05, 3.63) is 23.8 Å². The van der Waals surface area contributed by atoms with E-state index in [1.165, 1.54) is 0 Å². The largest absolute Gasteiger partial charge is 0.508 e. The van der Waals surface area contributed by atoms with E-state index in [2.05, 4.69) is 4.90 Å². The number of anilines is 1. The fourth-order valence-corrected chi connectivity index (χ4v) is 2.46. The van der Waals surface area contributed by atoms with E-state index in [1.807, 2.05) is 13.0 Å². The second kappa shape index (κ2) is 4.94. The van der Waals surface area contributed by atoms with E-state index in [-0.39, 0.29) is 24.5 Å². The maximum atomic E-state index is 9.83. The van der Waals surface area contributed by atoms with Crippen molar-refractivity contribution in [2.24, 2.45) is 0 Å². The van der Waals surface area contributed by atoms with Crippen molar-refractivity contribution in [3.8, 4) is 5.75 Å². The molecule has 4 nitrogen and oxygen atoms in total. The molecule has 1 aliphatic rings. The van der Waals surface area contributed by atoms with Gasteiger partial charge >= 0.3 is 0 Å². The van der Waals surface area contributed by atoms with Crippen molar-refractivity contribution >= 4 is 5.69 Å². The maximum absolute atomic E-state index is 9.83. The summed E-state index contributed by atoms with van der Waals surface area (Å²) in [6.07, 6.45) is 0.857. The molecule has 2 unspecified atom stereocenters. The second-order valence-corrected chi connectivity index (χ2v) is 4.54. The Morgan fingerprint density at radius 1 is 1.41 bits per heavy atom. The number of benzene rings is 1. The minimum absolute atomic E-state index is 0.00927. The lowest BCUT2D eigenvalue weighted by Crippen LogP contribution is -2.32. The third-order valence-corrected chi connectivity index (χ3v) is 3.51. The number of nitrogens with zero attached hydrogens (tertiary/aromatic N) is 1. The van der Waals surface area contributed by atoms with Gasteiger partial charge in [0.15, 0.2) is 0 Å². The van der Waals surface area contributed by atoms with Gasteiger partial charge in [0, 0.05) is 30.8 Å². The molecule has 17 heavy (non-hydrogen) atoms. The third-order valence-electron chi connectivity index (χ3n) is 3.51. The van der Waals surface area contributed by atoms with Crippen LogP contribution in [0.5, 0.6) is 5.75 Å². The summed E-state index contributed by atoms with van der Waals surface area (Å²) in [7, 11) is 0. The molecule has 0 spiro atoms. The van der Waals surface area contributed by atoms with Crippen LogP contribution < -0.4 is 4.90 Å². The monoisotopic (exact) mass is 237 g/mol. The highest BCUT2D eigenvalue weighted by atomic mass is 16.3. The van der Waals surface area contributed by atoms with E-state index >= 15 is 0 Å². The molecular formula is C13H19NO3. The zero-order valence-corrected chi connectivity index (χ0v) is 10.0. The van der Waals surface area contributed by atoms with Gasteiger partial charge in [-0.05, 0) is 25.5 Å². The number of aliphatic hydroxyl groups excluding tert-OH is 2. The molecule has 4 heteroatoms. The van der Waals surface area contributed by atoms with Crippen LogP contribution in [0, 0.1) is 0 Å². The van der Waals surface area contributed by atoms with Crippen LogP contribution in [0.25, 0.3) is 0 Å². The lowest BCUT2D eigenvalue weighted by molar-refractivity contribution is 0.170. The van der Waals surface area contributed by atoms with Gasteiger partial charge < -0.3 is 20.2 Å². The number of phenolic OH excluding ortho intramolecular Hbond substituents is 1. The van der Waals surface area contributed by atoms with Crippen molar-refractivity contribution in [2.45, 2.75) is 31.9 Å². The summed E-state index contributed by atoms with van der Waals surface area (Å²) in [6.45, 7) is 2.77. The van der Waals surface area contributed by atoms with Crippen LogP contribution in [0.15, 0.2) is 18.2 Å². The fourth-order valence-electron chi connectivity index (χ4n) is 2.46. The standard InChI is InChI=1S/C13H19NO3/c1-9-12(16)5-7-14(9)11-3-2-4-13(17)10(11)6-8-15/h2-4,9,12,15-17H,5-8H2,1H3. The molecule has 1 heterocycles. The second-order valence-electron chi connectivity index (χ2n) is 4.54. The summed E-state index contributed by atoms with van der Waals surface area (Å²) in [5, 5.41) is 28.7. The van der Waals surface area contributed by atoms with Gasteiger partial charge in [-0.15, -0.1) is 0 Å². The first-order valence-electron chi connectivity index (χ1n) is 6.01. The molecule has 0 aliphatic carbocycles. The highest BCUT2D eigenvalue weighted by molar-refractivity contribution is 5.60. The van der Waals surface area contributed by atoms with E-state index in [9.17, 15) is 10.2 Å². The minimum atomic E-state index is -0.320. The average molecular weight is 237 g/mol. The molecule has 0 saturated carbocycles. The van der Waals surface area contributed by atoms with Crippen LogP contribution in [-0.4, -0.2) is 40.6 Å². The van der Waals surface area contributed by atoms with E-state index < -0.39 is 0 Å². The van der Waals surface area contributed by atoms with E-state index in [4.69, 9.17) is 5.11 Å². The molecule has 0 amide bonds. The minimum Gasteiger partial charge on any atom is -0.508 e. The van der Waals surface area contributed by atoms with Crippen molar-refractivity contribution in [1.82, 2.24) is 0 Å². The fraction of sp³-hybridized carbons (Fsp3) is 0.538. The van der Waals surface area contributed by atoms with Crippen molar-refractivity contribution < 1.29 is 15.3 Å². The highest BCUT2D eigenvalue weighted by Crippen LogP contribution is 2.33. The van der Waals surface area contributed by atoms with Gasteiger partial charge in [-0.3, -0.25) is 0 Å². The average Bonchev–Trinajstić information content (AvgIpc) is 2.63. The Labute approximate surface area is 101 Å². The van der Waals surface area contributed by atoms with Crippen LogP contribution in [0.4, 0.5) is 5.69 Å². The first-order valence-corrected chi connectivity index (χ1v) is 6.01. The Kier molecular flexibility index (Phi) is 3.54. The van der Waals surface area contributed by atoms with Gasteiger partial charge in [-0.2, -0.15) is 0 Å². The zero-order chi connectivity index (χ0) is 12.4. The highest BCUT2D eigenvalue weighted by Gasteiger charge is 2.30. The molecule has 3 N–H and O–H groups in total. The number of rotatable bonds is 3. The van der Waals surface area contributed by atoms with Crippen LogP contribution in [0.2, 0.25) is 0 Å². The molecule has 94 valence electrons. The predicted molar refractivity (Wildman–Crippen MR) is 66.3 cm³/mol. The van der Waals surface area contributed by atoms with Gasteiger partial charge in [0.1, 0.15) is 5.75 Å². The van der Waals surface area contributed by atoms with Crippen LogP contribution in [0.1, 0.15) is 18.9 Å². The van der Waals surface area contributed by atoms with Crippen molar-refractivity contribution in [2.75, 3.05) is 18.1 Å². The van der Waals surface area contributed by atoms with E-state index in [0.717, 1.165) is 24.2 Å². The molecule has 1 aromatic carbocycles. The zero-order valence-electron chi connectivity index (χ0n) is 10.0. The Balaban J connectivity index is 2.34. The molecule has 0 bridgehead atoms. The summed E-state index contributed by atoms with van der Waals surface area (Å²) >= 11 is 0. The molecule has 2 atom stereocenters. The summed E-state index contributed by atoms with van der Waals surface area (Å²) < 4.78 is 0. The quantitative estimate of drug-likeness (QED) is 0.730. The predicted octanol–water partition coefficient (Wildman–Crippen LogP) is 0.886. The summed E-state index contributed by atoms with van der Waals surface area (Å²) in [5.41, 5.74) is 1.68. The topological polar surface area (TPSA) is 63.9 Å². The summed E-state index contributed by atoms with van der Waals surface area (Å²) in [6, 6.07) is 5.41. The lowest BCUT2D eigenvalue weighted by Gasteiger charge is -2.27. The molecule has 1 saturated heterocycles. The van der Waals surface area contributed by atoms with Gasteiger partial charge in [0.2, 0.25) is 0 Å². The first-order chi connectivity index (χ1) is 8.15. The number of phenols is 1. The molecule has 2 rings (SSSR count). The summed E-state index contributed by atoms with van der Waals surface area (Å²) in [5.74, 6) is 0.213. The third kappa shape index (κ3) is 2.23. The Hall–Kier alpha value is -1.26. The van der Waals surface area contributed by atoms with Gasteiger partial charge in [-0.1, -0.05) is 6.07 Å². The summed E-state index contributed by atoms with van der Waals surface area (Å²) in [4.78, 5) is 2.09. The number of hydrogen-bond acceptors (Lipinski definition) is 4. The number of aromatic hydroxyl groups is 1. The van der Waals surface area contributed by atoms with Gasteiger partial charge in [0.25, 0.3) is 0 Å². The van der Waals surface area contributed by atoms with Gasteiger partial charge in [0.05, 0.1) is 12.1 Å². The SMILES string of the molecule is CC1C(O)CCN1c1cccc(O)c1CCO. The molecule has 0 radical (unpaired) electrons. The van der Waals surface area contributed by atoms with Crippen molar-refractivity contribution in [3.63, 3.8) is 0 Å². The smallest absolute Gasteiger partial charge is 0.120 e. The lowest BCUT2D eigenvalue weighted by atomic mass is 10.1. The van der Waals surface area contributed by atoms with Crippen LogP contribution in [0.3, 0.4) is 0 Å². The van der Waals surface area contributed by atoms with Crippen LogP contribution in [-0.2, 0) is 6.42 Å². The molecule has 1 fully saturated rings. The first kappa shape index (κ1) is 12.2. The van der Waals surface area contributed by atoms with Crippen molar-refractivity contribution in [1.29, 1.82) is 0 Å². The molecule has 1 aromatic rings. The maximum Gasteiger partial charge on any atom is 0.120 e. The molecule has 0 aromatic heterocycles.